The molecule has 0 aromatic heterocycles. The quantitative estimate of drug-likeness (QED) is 0.572. The molecule has 2 aromatic carbocycles. The van der Waals surface area contributed by atoms with E-state index in [1.165, 1.54) is 0 Å². The van der Waals surface area contributed by atoms with Crippen LogP contribution in [0.5, 0.6) is 0 Å². The molecular formula is C16H12BClO. The number of allylic oxidation sites excluding steroid dienone is 1. The molecule has 0 bridgehead atoms. The van der Waals surface area contributed by atoms with Crippen molar-refractivity contribution in [2.24, 2.45) is 0 Å². The highest BCUT2D eigenvalue weighted by atomic mass is 35.5. The van der Waals surface area contributed by atoms with Gasteiger partial charge in [0.1, 0.15) is 7.85 Å². The first-order chi connectivity index (χ1) is 9.16. The van der Waals surface area contributed by atoms with Crippen molar-refractivity contribution in [3.8, 4) is 0 Å². The third kappa shape index (κ3) is 2.13. The first kappa shape index (κ1) is 12.2. The molecule has 0 spiro atoms. The molecule has 1 aliphatic carbocycles. The van der Waals surface area contributed by atoms with Crippen LogP contribution in [0, 0.1) is 0 Å². The summed E-state index contributed by atoms with van der Waals surface area (Å²) in [7, 11) is 2.07. The van der Waals surface area contributed by atoms with Crippen LogP contribution in [0.25, 0.3) is 6.08 Å². The number of fused-ring (bicyclic) bond motifs is 1. The predicted octanol–water partition coefficient (Wildman–Crippen LogP) is 3.29. The molecule has 0 saturated heterocycles. The van der Waals surface area contributed by atoms with E-state index in [2.05, 4.69) is 7.85 Å². The fourth-order valence-corrected chi connectivity index (χ4v) is 2.66. The lowest BCUT2D eigenvalue weighted by Gasteiger charge is -2.05. The number of hydrogen-bond acceptors (Lipinski definition) is 1. The van der Waals surface area contributed by atoms with Gasteiger partial charge in [-0.1, -0.05) is 48.0 Å². The zero-order valence-corrected chi connectivity index (χ0v) is 11.3. The number of rotatable bonds is 1. The molecule has 0 radical (unpaired) electrons. The molecule has 2 aromatic rings. The number of carbonyl (C=O) groups is 1. The second-order valence-corrected chi connectivity index (χ2v) is 5.23. The molecule has 0 amide bonds. The van der Waals surface area contributed by atoms with Crippen LogP contribution in [-0.4, -0.2) is 13.6 Å². The molecule has 1 atom stereocenters. The molecule has 3 heteroatoms. The second kappa shape index (κ2) is 4.71. The molecule has 0 fully saturated rings. The van der Waals surface area contributed by atoms with E-state index in [9.17, 15) is 4.79 Å². The van der Waals surface area contributed by atoms with Gasteiger partial charge in [0.05, 0.1) is 0 Å². The summed E-state index contributed by atoms with van der Waals surface area (Å²) < 4.78 is 0. The van der Waals surface area contributed by atoms with Crippen LogP contribution in [-0.2, 0) is 0 Å². The van der Waals surface area contributed by atoms with E-state index in [1.807, 2.05) is 54.6 Å². The van der Waals surface area contributed by atoms with Crippen LogP contribution in [0.15, 0.2) is 54.1 Å². The number of halogens is 1. The lowest BCUT2D eigenvalue weighted by molar-refractivity contribution is 0.104. The Kier molecular flexibility index (Phi) is 3.04. The SMILES string of the molecule is BC1/C(=C\c2ccc(Cl)cc2)C(=O)c2ccccc21. The molecule has 0 aliphatic heterocycles. The first-order valence-electron chi connectivity index (χ1n) is 6.27. The summed E-state index contributed by atoms with van der Waals surface area (Å²) >= 11 is 5.87. The highest BCUT2D eigenvalue weighted by molar-refractivity contribution is 6.30. The number of Topliss-reactive ketones (excluding diaryl/α,β-unsaturated/α-hetero) is 1. The van der Waals surface area contributed by atoms with Crippen molar-refractivity contribution >= 4 is 31.3 Å². The fourth-order valence-electron chi connectivity index (χ4n) is 2.53. The van der Waals surface area contributed by atoms with E-state index in [4.69, 9.17) is 11.6 Å². The maximum absolute atomic E-state index is 12.4. The van der Waals surface area contributed by atoms with Gasteiger partial charge >= 0.3 is 0 Å². The normalized spacial score (nSPS) is 19.7. The van der Waals surface area contributed by atoms with Crippen molar-refractivity contribution in [3.05, 3.63) is 75.8 Å². The minimum Gasteiger partial charge on any atom is -0.289 e. The number of benzene rings is 2. The number of hydrogen-bond donors (Lipinski definition) is 0. The van der Waals surface area contributed by atoms with Gasteiger partial charge in [-0.2, -0.15) is 0 Å². The summed E-state index contributed by atoms with van der Waals surface area (Å²) in [6.07, 6.45) is 1.96. The van der Waals surface area contributed by atoms with Gasteiger partial charge in [0.2, 0.25) is 0 Å². The Morgan fingerprint density at radius 1 is 1.05 bits per heavy atom. The van der Waals surface area contributed by atoms with E-state index in [1.54, 1.807) is 0 Å². The average molecular weight is 267 g/mol. The Morgan fingerprint density at radius 3 is 2.42 bits per heavy atom. The monoisotopic (exact) mass is 266 g/mol. The Bertz CT molecular complexity index is 673. The molecule has 19 heavy (non-hydrogen) atoms. The smallest absolute Gasteiger partial charge is 0.189 e. The standard InChI is InChI=1S/C16H12BClO/c17-15-12-3-1-2-4-13(12)16(19)14(15)9-10-5-7-11(18)8-6-10/h1-9,15H,17H2/b14-9+. The minimum absolute atomic E-state index is 0.137. The van der Waals surface area contributed by atoms with Crippen LogP contribution in [0.4, 0.5) is 0 Å². The maximum Gasteiger partial charge on any atom is 0.189 e. The van der Waals surface area contributed by atoms with E-state index in [0.29, 0.717) is 5.02 Å². The summed E-state index contributed by atoms with van der Waals surface area (Å²) in [4.78, 5) is 12.4. The van der Waals surface area contributed by atoms with Crippen molar-refractivity contribution in [1.82, 2.24) is 0 Å². The summed E-state index contributed by atoms with van der Waals surface area (Å²) in [5.41, 5.74) is 3.80. The zero-order valence-electron chi connectivity index (χ0n) is 10.6. The van der Waals surface area contributed by atoms with Gasteiger partial charge in [-0.3, -0.25) is 4.79 Å². The van der Waals surface area contributed by atoms with Gasteiger partial charge in [0.15, 0.2) is 5.78 Å². The highest BCUT2D eigenvalue weighted by Crippen LogP contribution is 2.36. The summed E-state index contributed by atoms with van der Waals surface area (Å²) in [6, 6.07) is 15.4. The molecule has 1 unspecified atom stereocenters. The Hall–Kier alpha value is -1.80. The average Bonchev–Trinajstić information content (AvgIpc) is 2.67. The van der Waals surface area contributed by atoms with Gasteiger partial charge in [-0.25, -0.2) is 0 Å². The third-order valence-corrected chi connectivity index (χ3v) is 3.84. The van der Waals surface area contributed by atoms with Crippen LogP contribution in [0.2, 0.25) is 5.02 Å². The summed E-state index contributed by atoms with van der Waals surface area (Å²) in [5.74, 6) is 0.289. The number of ketones is 1. The van der Waals surface area contributed by atoms with E-state index in [-0.39, 0.29) is 11.6 Å². The molecular weight excluding hydrogens is 254 g/mol. The van der Waals surface area contributed by atoms with Crippen LogP contribution in [0.3, 0.4) is 0 Å². The lowest BCUT2D eigenvalue weighted by atomic mass is 9.79. The van der Waals surface area contributed by atoms with E-state index >= 15 is 0 Å². The second-order valence-electron chi connectivity index (χ2n) is 4.79. The topological polar surface area (TPSA) is 17.1 Å². The van der Waals surface area contributed by atoms with E-state index in [0.717, 1.165) is 22.3 Å². The van der Waals surface area contributed by atoms with Gasteiger partial charge < -0.3 is 0 Å². The van der Waals surface area contributed by atoms with Crippen molar-refractivity contribution in [3.63, 3.8) is 0 Å². The van der Waals surface area contributed by atoms with Gasteiger partial charge in [0, 0.05) is 16.2 Å². The highest BCUT2D eigenvalue weighted by Gasteiger charge is 2.30. The Morgan fingerprint density at radius 2 is 1.74 bits per heavy atom. The van der Waals surface area contributed by atoms with Gasteiger partial charge in [-0.15, -0.1) is 0 Å². The molecule has 0 N–H and O–H groups in total. The maximum atomic E-state index is 12.4. The van der Waals surface area contributed by atoms with Gasteiger partial charge in [0.25, 0.3) is 0 Å². The summed E-state index contributed by atoms with van der Waals surface area (Å²) in [5, 5.41) is 0.705. The molecule has 0 saturated carbocycles. The Labute approximate surface area is 118 Å². The van der Waals surface area contributed by atoms with Gasteiger partial charge in [-0.05, 0) is 35.2 Å². The largest absolute Gasteiger partial charge is 0.289 e. The molecule has 92 valence electrons. The zero-order chi connectivity index (χ0) is 13.4. The van der Waals surface area contributed by atoms with Crippen molar-refractivity contribution in [2.45, 2.75) is 5.82 Å². The van der Waals surface area contributed by atoms with E-state index < -0.39 is 0 Å². The molecule has 1 nitrogen and oxygen atoms in total. The van der Waals surface area contributed by atoms with Crippen LogP contribution in [0.1, 0.15) is 27.3 Å². The first-order valence-corrected chi connectivity index (χ1v) is 6.65. The minimum atomic E-state index is 0.137. The fraction of sp³-hybridized carbons (Fsp3) is 0.0625. The van der Waals surface area contributed by atoms with Crippen LogP contribution >= 0.6 is 11.6 Å². The number of carbonyl (C=O) groups excluding carboxylic acids is 1. The molecule has 1 aliphatic rings. The lowest BCUT2D eigenvalue weighted by Crippen LogP contribution is -1.99. The third-order valence-electron chi connectivity index (χ3n) is 3.59. The molecule has 0 heterocycles. The van der Waals surface area contributed by atoms with Crippen molar-refractivity contribution in [1.29, 1.82) is 0 Å². The summed E-state index contributed by atoms with van der Waals surface area (Å²) in [6.45, 7) is 0. The van der Waals surface area contributed by atoms with Crippen LogP contribution < -0.4 is 0 Å². The van der Waals surface area contributed by atoms with Crippen molar-refractivity contribution in [2.75, 3.05) is 0 Å². The molecule has 3 rings (SSSR count). The predicted molar refractivity (Wildman–Crippen MR) is 81.5 cm³/mol. The van der Waals surface area contributed by atoms with Crippen molar-refractivity contribution < 1.29 is 4.79 Å². The Balaban J connectivity index is 2.04.